The second kappa shape index (κ2) is 8.41. The van der Waals surface area contributed by atoms with Crippen molar-refractivity contribution in [3.8, 4) is 56.4 Å². The lowest BCUT2D eigenvalue weighted by Gasteiger charge is -2.10. The summed E-state index contributed by atoms with van der Waals surface area (Å²) in [6.07, 6.45) is 1.74. The average Bonchev–Trinajstić information content (AvgIpc) is 3.58. The van der Waals surface area contributed by atoms with Crippen LogP contribution in [0.2, 0.25) is 0 Å². The third kappa shape index (κ3) is 3.29. The van der Waals surface area contributed by atoms with E-state index < -0.39 is 0 Å². The Morgan fingerprint density at radius 3 is 2.05 bits per heavy atom. The molecular formula is C36H20N4O. The molecule has 0 saturated heterocycles. The summed E-state index contributed by atoms with van der Waals surface area (Å²) in [6, 6.07) is 39.5. The highest BCUT2D eigenvalue weighted by molar-refractivity contribution is 6.15. The van der Waals surface area contributed by atoms with E-state index in [9.17, 15) is 0 Å². The summed E-state index contributed by atoms with van der Waals surface area (Å²) >= 11 is 0. The molecule has 8 aromatic rings. The van der Waals surface area contributed by atoms with Gasteiger partial charge in [-0.3, -0.25) is 0 Å². The van der Waals surface area contributed by atoms with Gasteiger partial charge in [-0.25, -0.2) is 19.9 Å². The number of aromatic nitrogens is 4. The number of fused-ring (bicyclic) bond motifs is 6. The first-order valence-electron chi connectivity index (χ1n) is 13.6. The number of benzene rings is 5. The molecule has 1 aliphatic rings. The van der Waals surface area contributed by atoms with Gasteiger partial charge in [-0.05, 0) is 57.3 Å². The molecule has 9 rings (SSSR count). The van der Waals surface area contributed by atoms with Gasteiger partial charge >= 0.3 is 0 Å². The minimum absolute atomic E-state index is 0.594. The zero-order valence-corrected chi connectivity index (χ0v) is 21.7. The van der Waals surface area contributed by atoms with E-state index in [1.807, 2.05) is 60.7 Å². The Bertz CT molecular complexity index is 2320. The number of rotatable bonds is 3. The van der Waals surface area contributed by atoms with Crippen molar-refractivity contribution in [2.45, 2.75) is 0 Å². The first-order valence-corrected chi connectivity index (χ1v) is 13.6. The third-order valence-electron chi connectivity index (χ3n) is 7.94. The van der Waals surface area contributed by atoms with Gasteiger partial charge in [-0.15, -0.1) is 0 Å². The maximum atomic E-state index is 6.07. The average molecular weight is 525 g/mol. The number of pyridine rings is 1. The molecule has 3 heterocycles. The Labute approximate surface area is 234 Å². The van der Waals surface area contributed by atoms with Crippen molar-refractivity contribution in [1.82, 2.24) is 19.9 Å². The van der Waals surface area contributed by atoms with Crippen LogP contribution in [0.25, 0.3) is 89.3 Å². The second-order valence-corrected chi connectivity index (χ2v) is 10.3. The van der Waals surface area contributed by atoms with E-state index in [1.54, 1.807) is 6.20 Å². The van der Waals surface area contributed by atoms with Crippen molar-refractivity contribution in [1.29, 1.82) is 0 Å². The van der Waals surface area contributed by atoms with E-state index in [4.69, 9.17) is 19.4 Å². The standard InChI is InChI=1S/C36H20N4O/c1-2-8-22(9-3-1)33-38-34(23-17-18-24-25-12-4-10-21-11-5-13-26(31(21)25)29(24)20-23)40-35(39-33)27-14-6-16-30-32(27)28-15-7-19-37-36(28)41-30/h1-20H. The summed E-state index contributed by atoms with van der Waals surface area (Å²) in [5.41, 5.74) is 9.06. The molecule has 5 heteroatoms. The number of hydrogen-bond acceptors (Lipinski definition) is 5. The highest BCUT2D eigenvalue weighted by atomic mass is 16.3. The maximum absolute atomic E-state index is 6.07. The summed E-state index contributed by atoms with van der Waals surface area (Å²) in [4.78, 5) is 19.5. The minimum atomic E-state index is 0.594. The molecule has 0 saturated carbocycles. The molecule has 41 heavy (non-hydrogen) atoms. The topological polar surface area (TPSA) is 64.7 Å². The molecule has 0 spiro atoms. The Hall–Kier alpha value is -5.68. The zero-order chi connectivity index (χ0) is 26.9. The number of furan rings is 1. The summed E-state index contributed by atoms with van der Waals surface area (Å²) in [7, 11) is 0. The van der Waals surface area contributed by atoms with Crippen LogP contribution in [0.15, 0.2) is 126 Å². The summed E-state index contributed by atoms with van der Waals surface area (Å²) in [5.74, 6) is 1.85. The predicted molar refractivity (Wildman–Crippen MR) is 163 cm³/mol. The molecule has 0 atom stereocenters. The van der Waals surface area contributed by atoms with Crippen molar-refractivity contribution in [3.63, 3.8) is 0 Å². The van der Waals surface area contributed by atoms with Crippen molar-refractivity contribution < 1.29 is 4.42 Å². The molecular weight excluding hydrogens is 504 g/mol. The Balaban J connectivity index is 1.29. The molecule has 0 unspecified atom stereocenters. The van der Waals surface area contributed by atoms with E-state index >= 15 is 0 Å². The lowest BCUT2D eigenvalue weighted by Crippen LogP contribution is -2.00. The molecule has 0 radical (unpaired) electrons. The molecule has 5 aromatic carbocycles. The lowest BCUT2D eigenvalue weighted by atomic mass is 10.0. The van der Waals surface area contributed by atoms with Gasteiger partial charge in [0.1, 0.15) is 5.58 Å². The fourth-order valence-corrected chi connectivity index (χ4v) is 6.12. The lowest BCUT2D eigenvalue weighted by molar-refractivity contribution is 0.654. The molecule has 0 fully saturated rings. The largest absolute Gasteiger partial charge is 0.438 e. The van der Waals surface area contributed by atoms with E-state index in [-0.39, 0.29) is 0 Å². The SMILES string of the molecule is c1ccc(-c2nc(-c3ccc4c(c3)-c3cccc5cccc-4c35)nc(-c3cccc4oc5ncccc5c34)n2)cc1. The fraction of sp³-hybridized carbons (Fsp3) is 0. The highest BCUT2D eigenvalue weighted by Gasteiger charge is 2.23. The highest BCUT2D eigenvalue weighted by Crippen LogP contribution is 2.48. The minimum Gasteiger partial charge on any atom is -0.438 e. The molecule has 1 aliphatic carbocycles. The van der Waals surface area contributed by atoms with E-state index in [1.165, 1.54) is 33.0 Å². The molecule has 3 aromatic heterocycles. The van der Waals surface area contributed by atoms with E-state index in [0.717, 1.165) is 33.0 Å². The van der Waals surface area contributed by atoms with Crippen LogP contribution in [-0.2, 0) is 0 Å². The zero-order valence-electron chi connectivity index (χ0n) is 21.7. The maximum Gasteiger partial charge on any atom is 0.227 e. The van der Waals surface area contributed by atoms with Gasteiger partial charge in [0.25, 0.3) is 0 Å². The third-order valence-corrected chi connectivity index (χ3v) is 7.94. The van der Waals surface area contributed by atoms with E-state index in [0.29, 0.717) is 23.2 Å². The van der Waals surface area contributed by atoms with Crippen LogP contribution >= 0.6 is 0 Å². The summed E-state index contributed by atoms with van der Waals surface area (Å²) in [6.45, 7) is 0. The number of nitrogens with zero attached hydrogens (tertiary/aromatic N) is 4. The predicted octanol–water partition coefficient (Wildman–Crippen LogP) is 8.97. The van der Waals surface area contributed by atoms with Crippen LogP contribution in [0, 0.1) is 0 Å². The normalized spacial score (nSPS) is 11.9. The van der Waals surface area contributed by atoms with Gasteiger partial charge in [0.2, 0.25) is 5.71 Å². The van der Waals surface area contributed by atoms with Crippen LogP contribution in [0.5, 0.6) is 0 Å². The molecule has 190 valence electrons. The molecule has 0 bridgehead atoms. The fourth-order valence-electron chi connectivity index (χ4n) is 6.12. The van der Waals surface area contributed by atoms with Crippen LogP contribution in [0.4, 0.5) is 0 Å². The van der Waals surface area contributed by atoms with Gasteiger partial charge < -0.3 is 4.42 Å². The van der Waals surface area contributed by atoms with Gasteiger partial charge in [-0.1, -0.05) is 91.0 Å². The summed E-state index contributed by atoms with van der Waals surface area (Å²) in [5, 5.41) is 4.43. The summed E-state index contributed by atoms with van der Waals surface area (Å²) < 4.78 is 6.07. The Kier molecular flexibility index (Phi) is 4.55. The molecule has 0 aliphatic heterocycles. The molecule has 0 N–H and O–H groups in total. The van der Waals surface area contributed by atoms with Crippen molar-refractivity contribution in [2.24, 2.45) is 0 Å². The van der Waals surface area contributed by atoms with Crippen LogP contribution in [-0.4, -0.2) is 19.9 Å². The van der Waals surface area contributed by atoms with Crippen LogP contribution < -0.4 is 0 Å². The van der Waals surface area contributed by atoms with Gasteiger partial charge in [0.15, 0.2) is 17.5 Å². The number of hydrogen-bond donors (Lipinski definition) is 0. The Morgan fingerprint density at radius 1 is 0.463 bits per heavy atom. The Morgan fingerprint density at radius 2 is 1.20 bits per heavy atom. The second-order valence-electron chi connectivity index (χ2n) is 10.3. The van der Waals surface area contributed by atoms with Crippen molar-refractivity contribution in [3.05, 3.63) is 121 Å². The monoisotopic (exact) mass is 524 g/mol. The smallest absolute Gasteiger partial charge is 0.227 e. The molecule has 0 amide bonds. The van der Waals surface area contributed by atoms with Crippen molar-refractivity contribution in [2.75, 3.05) is 0 Å². The van der Waals surface area contributed by atoms with Gasteiger partial charge in [0.05, 0.1) is 0 Å². The first-order chi connectivity index (χ1) is 20.3. The first kappa shape index (κ1) is 22.2. The van der Waals surface area contributed by atoms with Crippen LogP contribution in [0.3, 0.4) is 0 Å². The van der Waals surface area contributed by atoms with Gasteiger partial charge in [-0.2, -0.15) is 0 Å². The quantitative estimate of drug-likeness (QED) is 0.231. The van der Waals surface area contributed by atoms with E-state index in [2.05, 4.69) is 59.6 Å². The molecule has 5 nitrogen and oxygen atoms in total. The van der Waals surface area contributed by atoms with Gasteiger partial charge in [0, 0.05) is 33.7 Å². The van der Waals surface area contributed by atoms with Crippen molar-refractivity contribution >= 4 is 32.8 Å². The van der Waals surface area contributed by atoms with Crippen LogP contribution in [0.1, 0.15) is 0 Å².